The van der Waals surface area contributed by atoms with Gasteiger partial charge < -0.3 is 25.2 Å². The fourth-order valence-corrected chi connectivity index (χ4v) is 7.05. The maximum Gasteiger partial charge on any atom is 0.490 e. The van der Waals surface area contributed by atoms with Crippen LogP contribution in [0.1, 0.15) is 57.9 Å². The summed E-state index contributed by atoms with van der Waals surface area (Å²) in [6, 6.07) is 10.4. The van der Waals surface area contributed by atoms with Gasteiger partial charge in [-0.2, -0.15) is 26.7 Å². The van der Waals surface area contributed by atoms with Gasteiger partial charge >= 0.3 is 12.1 Å². The van der Waals surface area contributed by atoms with Crippen LogP contribution in [0, 0.1) is 0 Å². The summed E-state index contributed by atoms with van der Waals surface area (Å²) in [5.74, 6) is -7.07. The Bertz CT molecular complexity index is 1810. The molecular weight excluding hydrogens is 725 g/mol. The van der Waals surface area contributed by atoms with Gasteiger partial charge in [-0.3, -0.25) is 4.79 Å². The molecule has 280 valence electrons. The molecule has 1 saturated carbocycles. The van der Waals surface area contributed by atoms with Crippen molar-refractivity contribution in [3.63, 3.8) is 0 Å². The largest absolute Gasteiger partial charge is 0.490 e. The van der Waals surface area contributed by atoms with E-state index in [1.807, 2.05) is 6.07 Å². The number of halogens is 6. The van der Waals surface area contributed by atoms with Crippen LogP contribution in [0.3, 0.4) is 0 Å². The van der Waals surface area contributed by atoms with Crippen molar-refractivity contribution in [2.45, 2.75) is 93.7 Å². The zero-order chi connectivity index (χ0) is 37.7. The first-order valence-electron chi connectivity index (χ1n) is 16.2. The number of rotatable bonds is 10. The van der Waals surface area contributed by atoms with E-state index in [0.717, 1.165) is 43.2 Å². The lowest BCUT2D eigenvalue weighted by atomic mass is 9.98. The Morgan fingerprint density at radius 2 is 1.53 bits per heavy atom. The summed E-state index contributed by atoms with van der Waals surface area (Å²) in [5, 5.41) is 8.56. The van der Waals surface area contributed by atoms with E-state index in [9.17, 15) is 26.4 Å². The first-order chi connectivity index (χ1) is 23.8. The monoisotopic (exact) mass is 763 g/mol. The number of nitrogens with zero attached hydrogens (tertiary/aromatic N) is 1. The van der Waals surface area contributed by atoms with Gasteiger partial charge in [0.05, 0.1) is 22.1 Å². The number of benzene rings is 3. The highest BCUT2D eigenvalue weighted by Crippen LogP contribution is 2.39. The fourth-order valence-electron chi connectivity index (χ4n) is 5.67. The Morgan fingerprint density at radius 1 is 0.941 bits per heavy atom. The van der Waals surface area contributed by atoms with Crippen molar-refractivity contribution in [3.05, 3.63) is 65.2 Å². The first kappa shape index (κ1) is 40.0. The molecule has 2 fully saturated rings. The molecule has 2 aliphatic rings. The molecule has 10 nitrogen and oxygen atoms in total. The molecule has 1 aliphatic heterocycles. The number of aliphatic carboxylic acids is 1. The Balaban J connectivity index is 0.000000755. The van der Waals surface area contributed by atoms with Gasteiger partial charge in [0, 0.05) is 24.7 Å². The molecule has 0 radical (unpaired) electrons. The second kappa shape index (κ2) is 16.3. The smallest absolute Gasteiger partial charge is 0.490 e. The number of piperidine rings is 1. The van der Waals surface area contributed by atoms with Crippen molar-refractivity contribution in [1.29, 1.82) is 0 Å². The third-order valence-corrected chi connectivity index (χ3v) is 10.1. The maximum atomic E-state index is 16.4. The van der Waals surface area contributed by atoms with Gasteiger partial charge in [0.1, 0.15) is 11.5 Å². The van der Waals surface area contributed by atoms with Crippen molar-refractivity contribution in [1.82, 2.24) is 9.62 Å². The lowest BCUT2D eigenvalue weighted by molar-refractivity contribution is -0.192. The molecule has 3 aromatic carbocycles. The molecule has 1 heterocycles. The Labute approximate surface area is 297 Å². The Kier molecular flexibility index (Phi) is 12.8. The number of fused-ring (bicyclic) bond motifs is 1. The number of carbonyl (C=O) groups excluding carboxylic acids is 1. The molecule has 1 atom stereocenters. The minimum Gasteiger partial charge on any atom is -0.490 e. The highest BCUT2D eigenvalue weighted by atomic mass is 35.5. The maximum absolute atomic E-state index is 16.4. The van der Waals surface area contributed by atoms with E-state index in [-0.39, 0.29) is 47.0 Å². The summed E-state index contributed by atoms with van der Waals surface area (Å²) in [4.78, 5) is 23.5. The standard InChI is InChI=1S/C32H38ClF2N3O5S.C2HF3O2/c1-20(2)42-29-19-23(9-12-28(29)33)32(34,35)30(31(39)38-15-13-24(36)14-16-38)37-44(40,41)27-11-8-21-17-26(10-7-22(21)18-27)43-25-5-3-4-6-25;3-2(4,5)1(6)7/h7-12,17-20,24-25,30,37H,3-6,13-16,36H2,1-2H3;(H,6,7)/t30-;/m0./s1. The molecule has 0 spiro atoms. The van der Waals surface area contributed by atoms with Gasteiger partial charge in [0.2, 0.25) is 15.9 Å². The van der Waals surface area contributed by atoms with E-state index in [4.69, 9.17) is 36.7 Å². The van der Waals surface area contributed by atoms with Crippen molar-refractivity contribution >= 4 is 44.3 Å². The molecule has 51 heavy (non-hydrogen) atoms. The second-order valence-corrected chi connectivity index (χ2v) is 14.8. The van der Waals surface area contributed by atoms with Gasteiger partial charge in [0.15, 0.2) is 6.04 Å². The van der Waals surface area contributed by atoms with Crippen LogP contribution in [0.15, 0.2) is 59.5 Å². The SMILES string of the molecule is CC(C)Oc1cc(C(F)(F)[C@@H](NS(=O)(=O)c2ccc3cc(OC4CCCC4)ccc3c2)C(=O)N2CCC(N)CC2)ccc1Cl.O=C(O)C(F)(F)F. The van der Waals surface area contributed by atoms with Crippen LogP contribution in [0.25, 0.3) is 10.8 Å². The lowest BCUT2D eigenvalue weighted by Crippen LogP contribution is -2.58. The highest BCUT2D eigenvalue weighted by molar-refractivity contribution is 7.89. The van der Waals surface area contributed by atoms with Gasteiger partial charge in [-0.25, -0.2) is 13.2 Å². The average Bonchev–Trinajstić information content (AvgIpc) is 3.57. The summed E-state index contributed by atoms with van der Waals surface area (Å²) < 4.78 is 105. The summed E-state index contributed by atoms with van der Waals surface area (Å²) >= 11 is 6.18. The number of alkyl halides is 5. The van der Waals surface area contributed by atoms with Crippen LogP contribution in [0.5, 0.6) is 11.5 Å². The van der Waals surface area contributed by atoms with Crippen LogP contribution in [-0.2, 0) is 25.5 Å². The van der Waals surface area contributed by atoms with Gasteiger partial charge in [-0.05, 0) is 99.5 Å². The predicted octanol–water partition coefficient (Wildman–Crippen LogP) is 6.62. The Hall–Kier alpha value is -3.73. The molecule has 4 N–H and O–H groups in total. The molecule has 5 rings (SSSR count). The van der Waals surface area contributed by atoms with E-state index in [1.165, 1.54) is 23.1 Å². The van der Waals surface area contributed by atoms with Crippen LogP contribution < -0.4 is 19.9 Å². The number of amides is 1. The van der Waals surface area contributed by atoms with Crippen molar-refractivity contribution < 1.29 is 54.5 Å². The van der Waals surface area contributed by atoms with E-state index in [2.05, 4.69) is 4.72 Å². The number of sulfonamides is 1. The molecule has 1 saturated heterocycles. The zero-order valence-corrected chi connectivity index (χ0v) is 29.3. The average molecular weight is 764 g/mol. The fraction of sp³-hybridized carbons (Fsp3) is 0.471. The van der Waals surface area contributed by atoms with E-state index >= 15 is 8.78 Å². The van der Waals surface area contributed by atoms with Gasteiger partial charge in [-0.1, -0.05) is 29.8 Å². The number of nitrogens with one attached hydrogen (secondary N) is 1. The second-order valence-electron chi connectivity index (χ2n) is 12.6. The summed E-state index contributed by atoms with van der Waals surface area (Å²) in [6.07, 6.45) is -0.186. The Morgan fingerprint density at radius 3 is 2.12 bits per heavy atom. The van der Waals surface area contributed by atoms with Crippen LogP contribution in [0.2, 0.25) is 5.02 Å². The molecule has 0 bridgehead atoms. The molecule has 3 aromatic rings. The zero-order valence-electron chi connectivity index (χ0n) is 27.8. The van der Waals surface area contributed by atoms with Gasteiger partial charge in [-0.15, -0.1) is 0 Å². The third kappa shape index (κ3) is 10.4. The quantitative estimate of drug-likeness (QED) is 0.195. The van der Waals surface area contributed by atoms with Crippen LogP contribution in [0.4, 0.5) is 22.0 Å². The number of carboxylic acids is 1. The topological polar surface area (TPSA) is 148 Å². The van der Waals surface area contributed by atoms with Gasteiger partial charge in [0.25, 0.3) is 5.92 Å². The molecular formula is C34H39ClF5N3O7S. The molecule has 1 amide bonds. The van der Waals surface area contributed by atoms with Crippen molar-refractivity contribution in [2.24, 2.45) is 5.73 Å². The molecule has 17 heteroatoms. The normalized spacial score (nSPS) is 16.9. The molecule has 0 unspecified atom stereocenters. The number of carbonyl (C=O) groups is 2. The summed E-state index contributed by atoms with van der Waals surface area (Å²) in [7, 11) is -4.59. The van der Waals surface area contributed by atoms with E-state index < -0.39 is 45.6 Å². The van der Waals surface area contributed by atoms with Crippen LogP contribution in [-0.4, -0.2) is 73.9 Å². The lowest BCUT2D eigenvalue weighted by Gasteiger charge is -2.35. The van der Waals surface area contributed by atoms with Crippen molar-refractivity contribution in [3.8, 4) is 11.5 Å². The van der Waals surface area contributed by atoms with E-state index in [0.29, 0.717) is 24.0 Å². The third-order valence-electron chi connectivity index (χ3n) is 8.35. The predicted molar refractivity (Wildman–Crippen MR) is 180 cm³/mol. The highest BCUT2D eigenvalue weighted by Gasteiger charge is 2.50. The summed E-state index contributed by atoms with van der Waals surface area (Å²) in [5.41, 5.74) is 5.35. The van der Waals surface area contributed by atoms with Crippen molar-refractivity contribution in [2.75, 3.05) is 13.1 Å². The molecule has 0 aromatic heterocycles. The minimum atomic E-state index is -5.08. The summed E-state index contributed by atoms with van der Waals surface area (Å²) in [6.45, 7) is 3.71. The van der Waals surface area contributed by atoms with E-state index in [1.54, 1.807) is 32.0 Å². The van der Waals surface area contributed by atoms with Crippen LogP contribution >= 0.6 is 11.6 Å². The molecule has 1 aliphatic carbocycles. The number of hydrogen-bond acceptors (Lipinski definition) is 7. The number of nitrogens with two attached hydrogens (primary N) is 1. The minimum absolute atomic E-state index is 0.00246. The number of hydrogen-bond donors (Lipinski definition) is 3. The number of likely N-dealkylation sites (tertiary alicyclic amines) is 1. The number of ether oxygens (including phenoxy) is 2. The first-order valence-corrected chi connectivity index (χ1v) is 18.1. The number of carboxylic acid groups (broad SMARTS) is 1.